The van der Waals surface area contributed by atoms with Crippen LogP contribution in [0.2, 0.25) is 0 Å². The summed E-state index contributed by atoms with van der Waals surface area (Å²) in [6, 6.07) is 5.21. The van der Waals surface area contributed by atoms with E-state index in [4.69, 9.17) is 9.47 Å². The first kappa shape index (κ1) is 16.9. The summed E-state index contributed by atoms with van der Waals surface area (Å²) in [5.41, 5.74) is 0.793. The molecule has 0 saturated heterocycles. The molecule has 0 fully saturated rings. The van der Waals surface area contributed by atoms with Gasteiger partial charge >= 0.3 is 12.1 Å². The van der Waals surface area contributed by atoms with E-state index >= 15 is 0 Å². The van der Waals surface area contributed by atoms with Crippen LogP contribution in [-0.4, -0.2) is 37.4 Å². The number of amides is 1. The van der Waals surface area contributed by atoms with Crippen LogP contribution in [0.3, 0.4) is 0 Å². The molecular formula is C16H22N2O5. The highest BCUT2D eigenvalue weighted by Crippen LogP contribution is 2.32. The minimum absolute atomic E-state index is 0.181. The number of fused-ring (bicyclic) bond motifs is 1. The third-order valence-electron chi connectivity index (χ3n) is 3.06. The van der Waals surface area contributed by atoms with E-state index in [-0.39, 0.29) is 18.5 Å². The predicted molar refractivity (Wildman–Crippen MR) is 85.8 cm³/mol. The molecule has 0 saturated carbocycles. The topological polar surface area (TPSA) is 85.9 Å². The van der Waals surface area contributed by atoms with Crippen LogP contribution in [0.5, 0.6) is 5.75 Å². The predicted octanol–water partition coefficient (Wildman–Crippen LogP) is 2.77. The number of carbonyl (C=O) groups is 2. The Hall–Kier alpha value is -2.44. The van der Waals surface area contributed by atoms with Crippen molar-refractivity contribution in [1.29, 1.82) is 0 Å². The molecule has 1 aliphatic rings. The van der Waals surface area contributed by atoms with Gasteiger partial charge in [0.15, 0.2) is 0 Å². The van der Waals surface area contributed by atoms with Crippen LogP contribution in [0.15, 0.2) is 18.2 Å². The van der Waals surface area contributed by atoms with E-state index in [1.165, 1.54) is 7.11 Å². The lowest BCUT2D eigenvalue weighted by Gasteiger charge is -2.27. The SMILES string of the molecule is COC(=O)C[C@@H]1CNc2cc(NC(=O)OC(C)(C)C)ccc2O1. The molecule has 0 aromatic heterocycles. The average Bonchev–Trinajstić information content (AvgIpc) is 2.45. The van der Waals surface area contributed by atoms with Crippen molar-refractivity contribution >= 4 is 23.4 Å². The van der Waals surface area contributed by atoms with Crippen molar-refractivity contribution in [2.75, 3.05) is 24.3 Å². The molecule has 1 heterocycles. The first-order valence-electron chi connectivity index (χ1n) is 7.38. The number of ether oxygens (including phenoxy) is 3. The van der Waals surface area contributed by atoms with Gasteiger partial charge < -0.3 is 19.5 Å². The molecule has 0 spiro atoms. The largest absolute Gasteiger partial charge is 0.486 e. The summed E-state index contributed by atoms with van der Waals surface area (Å²) >= 11 is 0. The van der Waals surface area contributed by atoms with E-state index in [9.17, 15) is 9.59 Å². The van der Waals surface area contributed by atoms with Gasteiger partial charge in [0.2, 0.25) is 0 Å². The third-order valence-corrected chi connectivity index (χ3v) is 3.06. The van der Waals surface area contributed by atoms with E-state index in [0.717, 1.165) is 5.69 Å². The van der Waals surface area contributed by atoms with Crippen LogP contribution in [0, 0.1) is 0 Å². The molecule has 1 aliphatic heterocycles. The van der Waals surface area contributed by atoms with Gasteiger partial charge in [-0.3, -0.25) is 10.1 Å². The Morgan fingerprint density at radius 1 is 1.39 bits per heavy atom. The number of carbonyl (C=O) groups excluding carboxylic acids is 2. The van der Waals surface area contributed by atoms with Gasteiger partial charge in [0.1, 0.15) is 17.5 Å². The summed E-state index contributed by atoms with van der Waals surface area (Å²) in [5, 5.41) is 5.85. The second-order valence-corrected chi connectivity index (χ2v) is 6.24. The molecule has 0 aliphatic carbocycles. The summed E-state index contributed by atoms with van der Waals surface area (Å²) in [7, 11) is 1.35. The molecule has 1 amide bonds. The summed E-state index contributed by atoms with van der Waals surface area (Å²) in [4.78, 5) is 23.1. The zero-order valence-corrected chi connectivity index (χ0v) is 13.8. The van der Waals surface area contributed by atoms with Crippen molar-refractivity contribution in [1.82, 2.24) is 0 Å². The highest BCUT2D eigenvalue weighted by molar-refractivity contribution is 5.86. The van der Waals surface area contributed by atoms with Crippen LogP contribution < -0.4 is 15.4 Å². The molecule has 0 unspecified atom stereocenters. The van der Waals surface area contributed by atoms with Crippen LogP contribution in [0.25, 0.3) is 0 Å². The lowest BCUT2D eigenvalue weighted by Crippen LogP contribution is -2.33. The molecule has 23 heavy (non-hydrogen) atoms. The molecule has 7 nitrogen and oxygen atoms in total. The van der Waals surface area contributed by atoms with Crippen LogP contribution in [0.1, 0.15) is 27.2 Å². The first-order valence-corrected chi connectivity index (χ1v) is 7.38. The molecule has 0 bridgehead atoms. The monoisotopic (exact) mass is 322 g/mol. The number of hydrogen-bond acceptors (Lipinski definition) is 6. The van der Waals surface area contributed by atoms with Gasteiger partial charge in [-0.05, 0) is 39.0 Å². The van der Waals surface area contributed by atoms with E-state index in [2.05, 4.69) is 15.4 Å². The van der Waals surface area contributed by atoms with Crippen LogP contribution in [0.4, 0.5) is 16.2 Å². The van der Waals surface area contributed by atoms with Crippen molar-refractivity contribution in [2.24, 2.45) is 0 Å². The number of methoxy groups -OCH3 is 1. The first-order chi connectivity index (χ1) is 10.8. The van der Waals surface area contributed by atoms with Crippen molar-refractivity contribution in [2.45, 2.75) is 38.9 Å². The molecule has 1 aromatic carbocycles. The standard InChI is InChI=1S/C16H22N2O5/c1-16(2,3)23-15(20)18-10-5-6-13-12(7-10)17-9-11(22-13)8-14(19)21-4/h5-7,11,17H,8-9H2,1-4H3,(H,18,20)/t11-/m1/s1. The zero-order chi connectivity index (χ0) is 17.0. The number of nitrogens with one attached hydrogen (secondary N) is 2. The van der Waals surface area contributed by atoms with Gasteiger partial charge in [0.25, 0.3) is 0 Å². The fourth-order valence-corrected chi connectivity index (χ4v) is 2.10. The number of esters is 1. The molecule has 1 atom stereocenters. The molecule has 126 valence electrons. The smallest absolute Gasteiger partial charge is 0.412 e. The molecule has 2 rings (SSSR count). The molecule has 0 radical (unpaired) electrons. The summed E-state index contributed by atoms with van der Waals surface area (Å²) in [6.07, 6.45) is -0.613. The fourth-order valence-electron chi connectivity index (χ4n) is 2.10. The zero-order valence-electron chi connectivity index (χ0n) is 13.8. The van der Waals surface area contributed by atoms with Crippen molar-refractivity contribution in [3.05, 3.63) is 18.2 Å². The Balaban J connectivity index is 1.99. The second kappa shape index (κ2) is 6.76. The van der Waals surface area contributed by atoms with E-state index < -0.39 is 11.7 Å². The van der Waals surface area contributed by atoms with Gasteiger partial charge in [-0.25, -0.2) is 4.79 Å². The van der Waals surface area contributed by atoms with Gasteiger partial charge in [0.05, 0.1) is 25.8 Å². The fraction of sp³-hybridized carbons (Fsp3) is 0.500. The highest BCUT2D eigenvalue weighted by Gasteiger charge is 2.23. The molecule has 2 N–H and O–H groups in total. The normalized spacial score (nSPS) is 16.4. The van der Waals surface area contributed by atoms with Gasteiger partial charge in [-0.1, -0.05) is 0 Å². The maximum Gasteiger partial charge on any atom is 0.412 e. The Morgan fingerprint density at radius 2 is 2.13 bits per heavy atom. The molecule has 7 heteroatoms. The van der Waals surface area contributed by atoms with Crippen molar-refractivity contribution < 1.29 is 23.8 Å². The van der Waals surface area contributed by atoms with Gasteiger partial charge in [-0.15, -0.1) is 0 Å². The average molecular weight is 322 g/mol. The highest BCUT2D eigenvalue weighted by atomic mass is 16.6. The summed E-state index contributed by atoms with van der Waals surface area (Å²) in [5.74, 6) is 0.309. The number of benzene rings is 1. The Kier molecular flexibility index (Phi) is 4.98. The lowest BCUT2D eigenvalue weighted by atomic mass is 10.1. The lowest BCUT2D eigenvalue weighted by molar-refractivity contribution is -0.142. The molecule has 1 aromatic rings. The van der Waals surface area contributed by atoms with Gasteiger partial charge in [0, 0.05) is 5.69 Å². The maximum absolute atomic E-state index is 11.8. The third kappa shape index (κ3) is 5.05. The van der Waals surface area contributed by atoms with Crippen molar-refractivity contribution in [3.8, 4) is 5.75 Å². The minimum atomic E-state index is -0.555. The summed E-state index contributed by atoms with van der Waals surface area (Å²) < 4.78 is 15.6. The van der Waals surface area contributed by atoms with E-state index in [1.54, 1.807) is 39.0 Å². The quantitative estimate of drug-likeness (QED) is 0.832. The second-order valence-electron chi connectivity index (χ2n) is 6.24. The number of anilines is 2. The Labute approximate surface area is 135 Å². The Bertz CT molecular complexity index is 595. The van der Waals surface area contributed by atoms with Crippen LogP contribution in [-0.2, 0) is 14.3 Å². The van der Waals surface area contributed by atoms with E-state index in [0.29, 0.717) is 18.0 Å². The Morgan fingerprint density at radius 3 is 2.78 bits per heavy atom. The summed E-state index contributed by atoms with van der Waals surface area (Å²) in [6.45, 7) is 5.89. The van der Waals surface area contributed by atoms with Crippen LogP contribution >= 0.6 is 0 Å². The van der Waals surface area contributed by atoms with Gasteiger partial charge in [-0.2, -0.15) is 0 Å². The van der Waals surface area contributed by atoms with E-state index in [1.807, 2.05) is 0 Å². The van der Waals surface area contributed by atoms with Crippen molar-refractivity contribution in [3.63, 3.8) is 0 Å². The maximum atomic E-state index is 11.8. The minimum Gasteiger partial charge on any atom is -0.486 e. The number of rotatable bonds is 3. The number of hydrogen-bond donors (Lipinski definition) is 2. The molecular weight excluding hydrogens is 300 g/mol.